The first-order chi connectivity index (χ1) is 14.2. The van der Waals surface area contributed by atoms with Gasteiger partial charge in [-0.3, -0.25) is 4.99 Å². The third-order valence-corrected chi connectivity index (χ3v) is 5.05. The highest BCUT2D eigenvalue weighted by Gasteiger charge is 2.19. The summed E-state index contributed by atoms with van der Waals surface area (Å²) in [6, 6.07) is 16.1. The van der Waals surface area contributed by atoms with Gasteiger partial charge in [0.1, 0.15) is 6.61 Å². The van der Waals surface area contributed by atoms with Gasteiger partial charge in [0.05, 0.1) is 13.7 Å². The molecule has 0 aromatic heterocycles. The van der Waals surface area contributed by atoms with Gasteiger partial charge < -0.3 is 24.4 Å². The van der Waals surface area contributed by atoms with Crippen LogP contribution in [-0.4, -0.2) is 51.8 Å². The van der Waals surface area contributed by atoms with E-state index in [0.717, 1.165) is 54.8 Å². The van der Waals surface area contributed by atoms with Gasteiger partial charge in [0.25, 0.3) is 0 Å². The number of hydrogen-bond donors (Lipinski definition) is 1. The Kier molecular flexibility index (Phi) is 7.76. The molecule has 0 aliphatic carbocycles. The molecule has 1 aliphatic rings. The predicted molar refractivity (Wildman–Crippen MR) is 116 cm³/mol. The molecule has 1 aliphatic heterocycles. The Morgan fingerprint density at radius 2 is 2.00 bits per heavy atom. The summed E-state index contributed by atoms with van der Waals surface area (Å²) in [5, 5.41) is 3.43. The number of guanidine groups is 1. The van der Waals surface area contributed by atoms with Crippen LogP contribution in [0.25, 0.3) is 0 Å². The van der Waals surface area contributed by atoms with E-state index in [1.54, 1.807) is 7.11 Å². The molecule has 1 saturated heterocycles. The molecule has 29 heavy (non-hydrogen) atoms. The van der Waals surface area contributed by atoms with Crippen LogP contribution in [-0.2, 0) is 17.9 Å². The summed E-state index contributed by atoms with van der Waals surface area (Å²) in [5.74, 6) is 2.91. The maximum atomic E-state index is 5.94. The van der Waals surface area contributed by atoms with E-state index < -0.39 is 0 Å². The molecular weight excluding hydrogens is 366 g/mol. The Morgan fingerprint density at radius 3 is 2.69 bits per heavy atom. The molecule has 3 rings (SSSR count). The molecule has 0 bridgehead atoms. The molecule has 1 N–H and O–H groups in total. The second-order valence-electron chi connectivity index (χ2n) is 7.27. The lowest BCUT2D eigenvalue weighted by Gasteiger charge is -2.24. The largest absolute Gasteiger partial charge is 0.493 e. The number of nitrogens with zero attached hydrogens (tertiary/aromatic N) is 2. The van der Waals surface area contributed by atoms with Crippen LogP contribution in [0.15, 0.2) is 53.5 Å². The zero-order chi connectivity index (χ0) is 20.5. The minimum Gasteiger partial charge on any atom is -0.493 e. The van der Waals surface area contributed by atoms with Gasteiger partial charge in [0.2, 0.25) is 0 Å². The van der Waals surface area contributed by atoms with Crippen molar-refractivity contribution in [2.24, 2.45) is 10.9 Å². The van der Waals surface area contributed by atoms with E-state index in [1.807, 2.05) is 55.6 Å². The van der Waals surface area contributed by atoms with Gasteiger partial charge in [-0.2, -0.15) is 0 Å². The van der Waals surface area contributed by atoms with Gasteiger partial charge in [-0.15, -0.1) is 0 Å². The molecule has 6 heteroatoms. The van der Waals surface area contributed by atoms with Gasteiger partial charge >= 0.3 is 0 Å². The molecule has 0 spiro atoms. The van der Waals surface area contributed by atoms with Crippen LogP contribution in [0.1, 0.15) is 17.5 Å². The molecule has 6 nitrogen and oxygen atoms in total. The van der Waals surface area contributed by atoms with Crippen LogP contribution in [0.5, 0.6) is 11.5 Å². The molecule has 1 fully saturated rings. The van der Waals surface area contributed by atoms with Crippen LogP contribution >= 0.6 is 0 Å². The average Bonchev–Trinajstić information content (AvgIpc) is 3.26. The average molecular weight is 398 g/mol. The Balaban J connectivity index is 1.55. The first-order valence-corrected chi connectivity index (χ1v) is 10.0. The number of rotatable bonds is 8. The standard InChI is InChI=1S/C23H31N3O3/c1-24-23(26(2)15-20-11-12-28-16-20)25-14-19-9-10-21(22(13-19)27-3)29-17-18-7-5-4-6-8-18/h4-10,13,20H,11-12,14-17H2,1-3H3,(H,24,25). The summed E-state index contributed by atoms with van der Waals surface area (Å²) in [6.07, 6.45) is 1.11. The number of benzene rings is 2. The Labute approximate surface area is 173 Å². The molecule has 2 aromatic carbocycles. The molecule has 0 radical (unpaired) electrons. The van der Waals surface area contributed by atoms with Crippen LogP contribution in [0.2, 0.25) is 0 Å². The SMILES string of the molecule is CN=C(NCc1ccc(OCc2ccccc2)c(OC)c1)N(C)CC1CCOC1. The Bertz CT molecular complexity index is 789. The van der Waals surface area contributed by atoms with Crippen molar-refractivity contribution in [1.82, 2.24) is 10.2 Å². The van der Waals surface area contributed by atoms with E-state index >= 15 is 0 Å². The molecular formula is C23H31N3O3. The van der Waals surface area contributed by atoms with Gasteiger partial charge in [0.15, 0.2) is 17.5 Å². The number of nitrogens with one attached hydrogen (secondary N) is 1. The van der Waals surface area contributed by atoms with E-state index in [4.69, 9.17) is 14.2 Å². The lowest BCUT2D eigenvalue weighted by molar-refractivity contribution is 0.181. The Hall–Kier alpha value is -2.73. The number of aliphatic imine (C=N–C) groups is 1. The molecule has 1 unspecified atom stereocenters. The van der Waals surface area contributed by atoms with Crippen molar-refractivity contribution in [2.75, 3.05) is 41.0 Å². The van der Waals surface area contributed by atoms with Gasteiger partial charge in [0, 0.05) is 39.7 Å². The first kappa shape index (κ1) is 21.0. The smallest absolute Gasteiger partial charge is 0.193 e. The van der Waals surface area contributed by atoms with Crippen LogP contribution < -0.4 is 14.8 Å². The maximum absolute atomic E-state index is 5.94. The van der Waals surface area contributed by atoms with Crippen LogP contribution in [0.3, 0.4) is 0 Å². The highest BCUT2D eigenvalue weighted by Crippen LogP contribution is 2.29. The van der Waals surface area contributed by atoms with E-state index in [-0.39, 0.29) is 0 Å². The number of ether oxygens (including phenoxy) is 3. The van der Waals surface area contributed by atoms with Crippen molar-refractivity contribution in [3.8, 4) is 11.5 Å². The lowest BCUT2D eigenvalue weighted by atomic mass is 10.1. The highest BCUT2D eigenvalue weighted by atomic mass is 16.5. The van der Waals surface area contributed by atoms with Gasteiger partial charge in [-0.05, 0) is 29.7 Å². The van der Waals surface area contributed by atoms with E-state index in [0.29, 0.717) is 19.1 Å². The minimum atomic E-state index is 0.511. The minimum absolute atomic E-state index is 0.511. The Morgan fingerprint density at radius 1 is 1.17 bits per heavy atom. The third-order valence-electron chi connectivity index (χ3n) is 5.05. The maximum Gasteiger partial charge on any atom is 0.193 e. The van der Waals surface area contributed by atoms with Gasteiger partial charge in [-0.1, -0.05) is 36.4 Å². The molecule has 1 heterocycles. The van der Waals surface area contributed by atoms with Crippen molar-refractivity contribution in [3.05, 3.63) is 59.7 Å². The van der Waals surface area contributed by atoms with E-state index in [1.165, 1.54) is 0 Å². The zero-order valence-corrected chi connectivity index (χ0v) is 17.6. The van der Waals surface area contributed by atoms with Crippen molar-refractivity contribution in [1.29, 1.82) is 0 Å². The monoisotopic (exact) mass is 397 g/mol. The number of methoxy groups -OCH3 is 1. The van der Waals surface area contributed by atoms with Crippen molar-refractivity contribution in [2.45, 2.75) is 19.6 Å². The lowest BCUT2D eigenvalue weighted by Crippen LogP contribution is -2.41. The van der Waals surface area contributed by atoms with Crippen molar-refractivity contribution >= 4 is 5.96 Å². The number of hydrogen-bond acceptors (Lipinski definition) is 4. The first-order valence-electron chi connectivity index (χ1n) is 10.0. The van der Waals surface area contributed by atoms with Crippen LogP contribution in [0, 0.1) is 5.92 Å². The summed E-state index contributed by atoms with van der Waals surface area (Å²) in [4.78, 5) is 6.56. The molecule has 156 valence electrons. The molecule has 2 aromatic rings. The van der Waals surface area contributed by atoms with E-state index in [2.05, 4.69) is 22.3 Å². The summed E-state index contributed by atoms with van der Waals surface area (Å²) in [7, 11) is 5.54. The second-order valence-corrected chi connectivity index (χ2v) is 7.27. The topological polar surface area (TPSA) is 55.3 Å². The zero-order valence-electron chi connectivity index (χ0n) is 17.6. The van der Waals surface area contributed by atoms with Crippen molar-refractivity contribution in [3.63, 3.8) is 0 Å². The van der Waals surface area contributed by atoms with Gasteiger partial charge in [-0.25, -0.2) is 0 Å². The summed E-state index contributed by atoms with van der Waals surface area (Å²) in [5.41, 5.74) is 2.23. The second kappa shape index (κ2) is 10.7. The van der Waals surface area contributed by atoms with E-state index in [9.17, 15) is 0 Å². The molecule has 0 amide bonds. The quantitative estimate of drug-likeness (QED) is 0.547. The fourth-order valence-corrected chi connectivity index (χ4v) is 3.44. The molecule has 1 atom stereocenters. The summed E-state index contributed by atoms with van der Waals surface area (Å²) in [6.45, 7) is 3.81. The predicted octanol–water partition coefficient (Wildman–Crippen LogP) is 3.32. The third kappa shape index (κ3) is 6.12. The molecule has 0 saturated carbocycles. The fourth-order valence-electron chi connectivity index (χ4n) is 3.44. The van der Waals surface area contributed by atoms with Crippen molar-refractivity contribution < 1.29 is 14.2 Å². The van der Waals surface area contributed by atoms with Crippen LogP contribution in [0.4, 0.5) is 0 Å². The fraction of sp³-hybridized carbons (Fsp3) is 0.435. The summed E-state index contributed by atoms with van der Waals surface area (Å²) < 4.78 is 16.9. The summed E-state index contributed by atoms with van der Waals surface area (Å²) >= 11 is 0. The normalized spacial score (nSPS) is 16.5. The highest BCUT2D eigenvalue weighted by molar-refractivity contribution is 5.79.